The highest BCUT2D eigenvalue weighted by Crippen LogP contribution is 2.60. The van der Waals surface area contributed by atoms with Gasteiger partial charge in [-0.05, 0) is 75.8 Å². The number of aliphatic hydroxyl groups excluding tert-OH is 1. The minimum atomic E-state index is -0.000324. The largest absolute Gasteiger partial charge is 0.393 e. The molecule has 4 aliphatic rings. The van der Waals surface area contributed by atoms with Crippen LogP contribution in [0.25, 0.3) is 0 Å². The summed E-state index contributed by atoms with van der Waals surface area (Å²) in [6.45, 7) is 5.06. The van der Waals surface area contributed by atoms with E-state index in [1.165, 1.54) is 51.6 Å². The molecule has 2 saturated heterocycles. The molecule has 6 atom stereocenters. The average Bonchev–Trinajstić information content (AvgIpc) is 2.33. The monoisotopic (exact) mass is 249 g/mol. The normalized spacial score (nSPS) is 56.0. The number of piperidine rings is 2. The van der Waals surface area contributed by atoms with Gasteiger partial charge in [0.05, 0.1) is 6.10 Å². The van der Waals surface area contributed by atoms with E-state index >= 15 is 0 Å². The standard InChI is InChI=1S/C16H27NO/c1-11-8-12-9-15(18)14-5-3-7-17-6-2-4-13(12)16(14,17)10-11/h11-15,18H,2-10H2,1H3/t11?,12-,13+,14+,15?,16+/m0/s1. The Hall–Kier alpha value is -0.0800. The van der Waals surface area contributed by atoms with E-state index in [1.807, 2.05) is 0 Å². The molecule has 2 aliphatic heterocycles. The molecule has 0 aromatic carbocycles. The molecule has 2 nitrogen and oxygen atoms in total. The van der Waals surface area contributed by atoms with Gasteiger partial charge in [0.15, 0.2) is 0 Å². The van der Waals surface area contributed by atoms with Gasteiger partial charge in [-0.25, -0.2) is 0 Å². The van der Waals surface area contributed by atoms with Crippen LogP contribution in [0.5, 0.6) is 0 Å². The summed E-state index contributed by atoms with van der Waals surface area (Å²) in [6.07, 6.45) is 9.30. The topological polar surface area (TPSA) is 23.5 Å². The fraction of sp³-hybridized carbons (Fsp3) is 1.00. The molecule has 18 heavy (non-hydrogen) atoms. The van der Waals surface area contributed by atoms with Crippen LogP contribution in [0.4, 0.5) is 0 Å². The van der Waals surface area contributed by atoms with E-state index in [0.29, 0.717) is 11.5 Å². The molecule has 4 fully saturated rings. The van der Waals surface area contributed by atoms with Crippen LogP contribution in [0.2, 0.25) is 0 Å². The Balaban J connectivity index is 1.80. The second-order valence-electron chi connectivity index (χ2n) is 7.58. The van der Waals surface area contributed by atoms with Gasteiger partial charge >= 0.3 is 0 Å². The molecule has 2 bridgehead atoms. The maximum Gasteiger partial charge on any atom is 0.0589 e. The number of hydrogen-bond donors (Lipinski definition) is 1. The van der Waals surface area contributed by atoms with Gasteiger partial charge in [0.25, 0.3) is 0 Å². The first kappa shape index (κ1) is 11.7. The van der Waals surface area contributed by atoms with Crippen molar-refractivity contribution in [3.05, 3.63) is 0 Å². The molecule has 0 radical (unpaired) electrons. The smallest absolute Gasteiger partial charge is 0.0589 e. The van der Waals surface area contributed by atoms with Crippen LogP contribution in [-0.2, 0) is 0 Å². The third kappa shape index (κ3) is 1.37. The van der Waals surface area contributed by atoms with E-state index in [0.717, 1.165) is 24.2 Å². The van der Waals surface area contributed by atoms with E-state index in [1.54, 1.807) is 0 Å². The second kappa shape index (κ2) is 3.96. The van der Waals surface area contributed by atoms with Crippen molar-refractivity contribution < 1.29 is 5.11 Å². The fourth-order valence-electron chi connectivity index (χ4n) is 6.43. The molecular weight excluding hydrogens is 222 g/mol. The van der Waals surface area contributed by atoms with Crippen molar-refractivity contribution in [1.82, 2.24) is 4.90 Å². The molecule has 4 rings (SSSR count). The molecule has 0 aromatic rings. The highest BCUT2D eigenvalue weighted by atomic mass is 16.3. The summed E-state index contributed by atoms with van der Waals surface area (Å²) in [5, 5.41) is 10.6. The van der Waals surface area contributed by atoms with Gasteiger partial charge in [-0.2, -0.15) is 0 Å². The van der Waals surface area contributed by atoms with Crippen molar-refractivity contribution in [3.8, 4) is 0 Å². The van der Waals surface area contributed by atoms with Gasteiger partial charge < -0.3 is 5.11 Å². The highest BCUT2D eigenvalue weighted by Gasteiger charge is 2.61. The van der Waals surface area contributed by atoms with Gasteiger partial charge in [-0.15, -0.1) is 0 Å². The maximum atomic E-state index is 10.6. The van der Waals surface area contributed by atoms with Crippen LogP contribution in [-0.4, -0.2) is 34.7 Å². The lowest BCUT2D eigenvalue weighted by molar-refractivity contribution is -0.194. The van der Waals surface area contributed by atoms with Gasteiger partial charge in [-0.1, -0.05) is 6.92 Å². The Bertz CT molecular complexity index is 330. The van der Waals surface area contributed by atoms with Crippen LogP contribution in [0.3, 0.4) is 0 Å². The van der Waals surface area contributed by atoms with Crippen molar-refractivity contribution >= 4 is 0 Å². The van der Waals surface area contributed by atoms with Gasteiger partial charge in [0.1, 0.15) is 0 Å². The molecule has 2 unspecified atom stereocenters. The lowest BCUT2D eigenvalue weighted by Gasteiger charge is -2.67. The average molecular weight is 249 g/mol. The first-order chi connectivity index (χ1) is 8.72. The Morgan fingerprint density at radius 1 is 1.06 bits per heavy atom. The number of nitrogens with zero attached hydrogens (tertiary/aromatic N) is 1. The third-order valence-electron chi connectivity index (χ3n) is 6.72. The summed E-state index contributed by atoms with van der Waals surface area (Å²) >= 11 is 0. The Kier molecular flexibility index (Phi) is 2.58. The Morgan fingerprint density at radius 3 is 2.56 bits per heavy atom. The zero-order chi connectivity index (χ0) is 12.3. The number of aliphatic hydroxyl groups is 1. The molecule has 2 heteroatoms. The van der Waals surface area contributed by atoms with E-state index < -0.39 is 0 Å². The summed E-state index contributed by atoms with van der Waals surface area (Å²) in [5.41, 5.74) is 0.413. The van der Waals surface area contributed by atoms with Crippen molar-refractivity contribution in [2.75, 3.05) is 13.1 Å². The zero-order valence-electron chi connectivity index (χ0n) is 11.6. The van der Waals surface area contributed by atoms with E-state index in [4.69, 9.17) is 0 Å². The molecule has 2 aliphatic carbocycles. The number of hydrogen-bond acceptors (Lipinski definition) is 2. The van der Waals surface area contributed by atoms with E-state index in [2.05, 4.69) is 11.8 Å². The van der Waals surface area contributed by atoms with Crippen LogP contribution in [0.1, 0.15) is 51.9 Å². The van der Waals surface area contributed by atoms with E-state index in [9.17, 15) is 5.11 Å². The zero-order valence-corrected chi connectivity index (χ0v) is 11.6. The van der Waals surface area contributed by atoms with Crippen LogP contribution in [0.15, 0.2) is 0 Å². The van der Waals surface area contributed by atoms with Crippen LogP contribution >= 0.6 is 0 Å². The van der Waals surface area contributed by atoms with Crippen molar-refractivity contribution in [2.45, 2.75) is 63.5 Å². The maximum absolute atomic E-state index is 10.6. The highest BCUT2D eigenvalue weighted by molar-refractivity contribution is 5.15. The van der Waals surface area contributed by atoms with Gasteiger partial charge in [0.2, 0.25) is 0 Å². The minimum absolute atomic E-state index is 0.000324. The van der Waals surface area contributed by atoms with Gasteiger partial charge in [-0.3, -0.25) is 4.90 Å². The first-order valence-electron chi connectivity index (χ1n) is 8.15. The van der Waals surface area contributed by atoms with Crippen molar-refractivity contribution in [2.24, 2.45) is 23.7 Å². The molecule has 1 spiro atoms. The molecule has 2 saturated carbocycles. The molecule has 0 aromatic heterocycles. The predicted octanol–water partition coefficient (Wildman–Crippen LogP) is 2.66. The summed E-state index contributed by atoms with van der Waals surface area (Å²) in [4.78, 5) is 2.82. The Labute approximate surface area is 111 Å². The van der Waals surface area contributed by atoms with Crippen LogP contribution < -0.4 is 0 Å². The number of rotatable bonds is 0. The molecule has 2 heterocycles. The minimum Gasteiger partial charge on any atom is -0.393 e. The van der Waals surface area contributed by atoms with E-state index in [-0.39, 0.29) is 6.10 Å². The lowest BCUT2D eigenvalue weighted by atomic mass is 9.48. The summed E-state index contributed by atoms with van der Waals surface area (Å²) < 4.78 is 0. The molecule has 102 valence electrons. The fourth-order valence-corrected chi connectivity index (χ4v) is 6.43. The first-order valence-corrected chi connectivity index (χ1v) is 8.15. The van der Waals surface area contributed by atoms with Gasteiger partial charge in [0, 0.05) is 11.5 Å². The van der Waals surface area contributed by atoms with Crippen molar-refractivity contribution in [3.63, 3.8) is 0 Å². The molecule has 0 amide bonds. The lowest BCUT2D eigenvalue weighted by Crippen LogP contribution is -2.72. The third-order valence-corrected chi connectivity index (χ3v) is 6.72. The summed E-state index contributed by atoms with van der Waals surface area (Å²) in [5.74, 6) is 3.20. The second-order valence-corrected chi connectivity index (χ2v) is 7.58. The predicted molar refractivity (Wildman–Crippen MR) is 72.3 cm³/mol. The summed E-state index contributed by atoms with van der Waals surface area (Å²) in [6, 6.07) is 0. The van der Waals surface area contributed by atoms with Crippen LogP contribution in [0, 0.1) is 23.7 Å². The Morgan fingerprint density at radius 2 is 1.78 bits per heavy atom. The summed E-state index contributed by atoms with van der Waals surface area (Å²) in [7, 11) is 0. The SMILES string of the molecule is CC1C[C@H]2CC(O)[C@H]3CCCN4CCC[C@H]2[C@]34C1. The quantitative estimate of drug-likeness (QED) is 0.713. The molecular formula is C16H27NO. The van der Waals surface area contributed by atoms with Crippen molar-refractivity contribution in [1.29, 1.82) is 0 Å². The molecule has 1 N–H and O–H groups in total.